The molecule has 1 atom stereocenters. The fraction of sp³-hybridized carbons (Fsp3) is 0. The van der Waals surface area contributed by atoms with Gasteiger partial charge >= 0.3 is 0 Å². The van der Waals surface area contributed by atoms with Crippen LogP contribution in [0.5, 0.6) is 0 Å². The third kappa shape index (κ3) is 1.86. The zero-order chi connectivity index (χ0) is 15.1. The number of aromatic nitrogens is 4. The summed E-state index contributed by atoms with van der Waals surface area (Å²) in [6.45, 7) is 0. The minimum absolute atomic E-state index is 0.591. The number of fused-ring (bicyclic) bond motifs is 2. The van der Waals surface area contributed by atoms with Crippen LogP contribution in [0.2, 0.25) is 0 Å². The lowest BCUT2D eigenvalue weighted by molar-refractivity contribution is 1.04. The maximum absolute atomic E-state index is 9.26. The molecule has 0 saturated carbocycles. The lowest BCUT2D eigenvalue weighted by Gasteiger charge is -2.00. The van der Waals surface area contributed by atoms with Gasteiger partial charge in [-0.2, -0.15) is 10.4 Å². The van der Waals surface area contributed by atoms with Crippen molar-refractivity contribution in [3.8, 4) is 17.5 Å². The molecule has 3 heterocycles. The Hall–Kier alpha value is -2.83. The molecule has 0 amide bonds. The van der Waals surface area contributed by atoms with Crippen molar-refractivity contribution in [3.63, 3.8) is 0 Å². The first-order valence-corrected chi connectivity index (χ1v) is 7.18. The zero-order valence-corrected chi connectivity index (χ0v) is 12.6. The SMILES string of the molecule is N#Cc1cccc2c(-c3ccc4ncccc4n3)nn(P)c12. The monoisotopic (exact) mass is 303 g/mol. The highest BCUT2D eigenvalue weighted by molar-refractivity contribution is 7.14. The number of nitrogens with zero attached hydrogens (tertiary/aromatic N) is 5. The molecule has 0 aliphatic rings. The number of benzene rings is 1. The summed E-state index contributed by atoms with van der Waals surface area (Å²) in [7, 11) is 2.52. The molecule has 0 saturated heterocycles. The highest BCUT2D eigenvalue weighted by Crippen LogP contribution is 2.30. The molecule has 104 valence electrons. The van der Waals surface area contributed by atoms with Crippen LogP contribution in [0.3, 0.4) is 0 Å². The van der Waals surface area contributed by atoms with E-state index in [0.717, 1.165) is 33.3 Å². The first kappa shape index (κ1) is 12.9. The molecule has 1 unspecified atom stereocenters. The minimum atomic E-state index is 0.591. The Morgan fingerprint density at radius 2 is 1.95 bits per heavy atom. The average molecular weight is 303 g/mol. The molecule has 3 aromatic heterocycles. The lowest BCUT2D eigenvalue weighted by atomic mass is 10.1. The smallest absolute Gasteiger partial charge is 0.119 e. The first-order valence-electron chi connectivity index (χ1n) is 6.67. The van der Waals surface area contributed by atoms with E-state index in [9.17, 15) is 5.26 Å². The molecule has 0 spiro atoms. The van der Waals surface area contributed by atoms with Crippen LogP contribution < -0.4 is 0 Å². The van der Waals surface area contributed by atoms with Gasteiger partial charge in [0.05, 0.1) is 27.8 Å². The number of hydrogen-bond donors (Lipinski definition) is 0. The molecule has 1 aromatic carbocycles. The Kier molecular flexibility index (Phi) is 2.85. The number of hydrogen-bond acceptors (Lipinski definition) is 4. The molecule has 0 N–H and O–H groups in total. The molecular formula is C16H10N5P. The standard InChI is InChI=1S/C16H10N5P/c17-9-10-3-1-4-11-15(20-21(22)16(10)11)14-7-6-12-13(19-14)5-2-8-18-12/h1-8H,22H2. The maximum Gasteiger partial charge on any atom is 0.119 e. The van der Waals surface area contributed by atoms with Gasteiger partial charge in [-0.3, -0.25) is 4.98 Å². The van der Waals surface area contributed by atoms with Crippen LogP contribution in [0, 0.1) is 11.3 Å². The van der Waals surface area contributed by atoms with Crippen molar-refractivity contribution < 1.29 is 0 Å². The highest BCUT2D eigenvalue weighted by Gasteiger charge is 2.15. The van der Waals surface area contributed by atoms with Crippen LogP contribution in [0.15, 0.2) is 48.7 Å². The van der Waals surface area contributed by atoms with Gasteiger partial charge < -0.3 is 0 Å². The van der Waals surface area contributed by atoms with Crippen molar-refractivity contribution in [1.82, 2.24) is 19.5 Å². The van der Waals surface area contributed by atoms with E-state index in [1.165, 1.54) is 0 Å². The highest BCUT2D eigenvalue weighted by atomic mass is 31.0. The van der Waals surface area contributed by atoms with E-state index in [0.29, 0.717) is 5.56 Å². The van der Waals surface area contributed by atoms with E-state index >= 15 is 0 Å². The topological polar surface area (TPSA) is 67.4 Å². The second kappa shape index (κ2) is 4.87. The third-order valence-corrected chi connectivity index (χ3v) is 3.92. The van der Waals surface area contributed by atoms with E-state index in [1.807, 2.05) is 36.4 Å². The van der Waals surface area contributed by atoms with Crippen LogP contribution in [0.1, 0.15) is 5.56 Å². The fourth-order valence-electron chi connectivity index (χ4n) is 2.56. The normalized spacial score (nSPS) is 10.9. The van der Waals surface area contributed by atoms with Crippen molar-refractivity contribution in [2.45, 2.75) is 0 Å². The van der Waals surface area contributed by atoms with Crippen LogP contribution in [-0.2, 0) is 0 Å². The van der Waals surface area contributed by atoms with Gasteiger partial charge in [0.2, 0.25) is 0 Å². The number of pyridine rings is 2. The van der Waals surface area contributed by atoms with Gasteiger partial charge in [0.25, 0.3) is 0 Å². The van der Waals surface area contributed by atoms with Crippen molar-refractivity contribution in [1.29, 1.82) is 5.26 Å². The number of nitriles is 1. The quantitative estimate of drug-likeness (QED) is 0.507. The summed E-state index contributed by atoms with van der Waals surface area (Å²) in [4.78, 5) is 8.91. The van der Waals surface area contributed by atoms with Crippen LogP contribution in [0.4, 0.5) is 0 Å². The molecule has 22 heavy (non-hydrogen) atoms. The summed E-state index contributed by atoms with van der Waals surface area (Å²) in [5.41, 5.74) is 4.57. The molecule has 0 bridgehead atoms. The third-order valence-electron chi connectivity index (χ3n) is 3.55. The Labute approximate surface area is 128 Å². The van der Waals surface area contributed by atoms with Crippen LogP contribution in [-0.4, -0.2) is 19.5 Å². The zero-order valence-electron chi connectivity index (χ0n) is 11.4. The van der Waals surface area contributed by atoms with E-state index in [4.69, 9.17) is 0 Å². The van der Waals surface area contributed by atoms with Crippen molar-refractivity contribution in [2.24, 2.45) is 0 Å². The summed E-state index contributed by atoms with van der Waals surface area (Å²) in [6, 6.07) is 15.4. The maximum atomic E-state index is 9.26. The van der Waals surface area contributed by atoms with E-state index in [1.54, 1.807) is 16.7 Å². The summed E-state index contributed by atoms with van der Waals surface area (Å²) >= 11 is 0. The summed E-state index contributed by atoms with van der Waals surface area (Å²) < 4.78 is 1.65. The summed E-state index contributed by atoms with van der Waals surface area (Å²) in [6.07, 6.45) is 1.75. The van der Waals surface area contributed by atoms with Gasteiger partial charge in [0, 0.05) is 11.6 Å². The average Bonchev–Trinajstić information content (AvgIpc) is 2.91. The number of rotatable bonds is 1. The lowest BCUT2D eigenvalue weighted by Crippen LogP contribution is -1.88. The molecule has 5 nitrogen and oxygen atoms in total. The summed E-state index contributed by atoms with van der Waals surface area (Å²) in [5, 5.41) is 14.7. The Bertz CT molecular complexity index is 1060. The number of para-hydroxylation sites is 1. The Balaban J connectivity index is 2.03. The van der Waals surface area contributed by atoms with E-state index in [-0.39, 0.29) is 0 Å². The predicted octanol–water partition coefficient (Wildman–Crippen LogP) is 3.16. The molecular weight excluding hydrogens is 293 g/mol. The molecule has 0 fully saturated rings. The van der Waals surface area contributed by atoms with Gasteiger partial charge in [0.15, 0.2) is 0 Å². The van der Waals surface area contributed by atoms with Crippen LogP contribution >= 0.6 is 9.39 Å². The van der Waals surface area contributed by atoms with Gasteiger partial charge in [0.1, 0.15) is 11.8 Å². The van der Waals surface area contributed by atoms with Gasteiger partial charge in [-0.25, -0.2) is 9.44 Å². The largest absolute Gasteiger partial charge is 0.255 e. The molecule has 0 aliphatic carbocycles. The van der Waals surface area contributed by atoms with Crippen LogP contribution in [0.25, 0.3) is 33.3 Å². The Morgan fingerprint density at radius 1 is 1.05 bits per heavy atom. The molecule has 0 radical (unpaired) electrons. The summed E-state index contributed by atoms with van der Waals surface area (Å²) in [5.74, 6) is 0. The molecule has 0 aliphatic heterocycles. The minimum Gasteiger partial charge on any atom is -0.255 e. The predicted molar refractivity (Wildman–Crippen MR) is 88.1 cm³/mol. The second-order valence-corrected chi connectivity index (χ2v) is 5.33. The van der Waals surface area contributed by atoms with E-state index < -0.39 is 0 Å². The molecule has 6 heteroatoms. The second-order valence-electron chi connectivity index (χ2n) is 4.84. The van der Waals surface area contributed by atoms with Crippen molar-refractivity contribution in [2.75, 3.05) is 0 Å². The van der Waals surface area contributed by atoms with E-state index in [2.05, 4.69) is 30.5 Å². The molecule has 4 rings (SSSR count). The van der Waals surface area contributed by atoms with Gasteiger partial charge in [-0.05, 0) is 39.7 Å². The van der Waals surface area contributed by atoms with Crippen molar-refractivity contribution >= 4 is 31.3 Å². The van der Waals surface area contributed by atoms with Gasteiger partial charge in [-0.1, -0.05) is 12.1 Å². The first-order chi connectivity index (χ1) is 10.8. The van der Waals surface area contributed by atoms with Crippen molar-refractivity contribution in [3.05, 3.63) is 54.2 Å². The Morgan fingerprint density at radius 3 is 2.82 bits per heavy atom. The van der Waals surface area contributed by atoms with Gasteiger partial charge in [-0.15, -0.1) is 0 Å². The molecule has 4 aromatic rings. The fourth-order valence-corrected chi connectivity index (χ4v) is 2.95.